The van der Waals surface area contributed by atoms with Crippen molar-refractivity contribution in [2.45, 2.75) is 20.4 Å². The Bertz CT molecular complexity index is 749. The van der Waals surface area contributed by atoms with Crippen LogP contribution in [0.15, 0.2) is 41.5 Å². The maximum Gasteiger partial charge on any atom is 0.195 e. The molecule has 2 N–H and O–H groups in total. The van der Waals surface area contributed by atoms with Crippen LogP contribution < -0.4 is 25.0 Å². The quantitative estimate of drug-likeness (QED) is 0.328. The summed E-state index contributed by atoms with van der Waals surface area (Å²) in [6.07, 6.45) is 1.89. The third-order valence-electron chi connectivity index (χ3n) is 4.23. The molecular weight excluding hydrogens is 469 g/mol. The Hall–Kier alpha value is -2.23. The van der Waals surface area contributed by atoms with E-state index in [-0.39, 0.29) is 24.0 Å². The fourth-order valence-corrected chi connectivity index (χ4v) is 2.67. The van der Waals surface area contributed by atoms with Crippen molar-refractivity contribution in [3.8, 4) is 11.5 Å². The first-order chi connectivity index (χ1) is 13.1. The van der Waals surface area contributed by atoms with Crippen LogP contribution in [0, 0.1) is 0 Å². The molecule has 7 nitrogen and oxygen atoms in total. The van der Waals surface area contributed by atoms with Gasteiger partial charge in [0.15, 0.2) is 17.5 Å². The molecule has 0 atom stereocenters. The number of methoxy groups -OCH3 is 2. The van der Waals surface area contributed by atoms with Gasteiger partial charge in [0.05, 0.1) is 14.2 Å². The van der Waals surface area contributed by atoms with Gasteiger partial charge in [0.25, 0.3) is 0 Å². The van der Waals surface area contributed by atoms with Crippen molar-refractivity contribution in [2.24, 2.45) is 4.99 Å². The van der Waals surface area contributed by atoms with E-state index in [0.717, 1.165) is 30.2 Å². The molecule has 154 valence electrons. The molecule has 0 bridgehead atoms. The Kier molecular flexibility index (Phi) is 10.4. The number of rotatable bonds is 8. The zero-order valence-corrected chi connectivity index (χ0v) is 19.5. The molecule has 2 rings (SSSR count). The van der Waals surface area contributed by atoms with Crippen molar-refractivity contribution >= 4 is 41.4 Å². The maximum atomic E-state index is 5.33. The van der Waals surface area contributed by atoms with Crippen LogP contribution in [0.4, 0.5) is 11.5 Å². The zero-order valence-electron chi connectivity index (χ0n) is 17.2. The number of halogens is 1. The van der Waals surface area contributed by atoms with E-state index in [1.165, 1.54) is 0 Å². The minimum atomic E-state index is 0. The minimum absolute atomic E-state index is 0. The largest absolute Gasteiger partial charge is 0.493 e. The number of benzene rings is 1. The normalized spacial score (nSPS) is 10.7. The predicted molar refractivity (Wildman–Crippen MR) is 127 cm³/mol. The summed E-state index contributed by atoms with van der Waals surface area (Å²) in [5, 5.41) is 6.54. The van der Waals surface area contributed by atoms with Crippen molar-refractivity contribution in [3.63, 3.8) is 0 Å². The molecule has 0 fully saturated rings. The fraction of sp³-hybridized carbons (Fsp3) is 0.400. The van der Waals surface area contributed by atoms with Gasteiger partial charge in [0, 0.05) is 44.6 Å². The van der Waals surface area contributed by atoms with Crippen molar-refractivity contribution in [3.05, 3.63) is 42.1 Å². The SMILES string of the molecule is CCN(CC)c1ccc(CNC(=NC)Nc2ccc(OC)c(OC)c2)cn1.I. The van der Waals surface area contributed by atoms with Crippen LogP contribution >= 0.6 is 24.0 Å². The van der Waals surface area contributed by atoms with Gasteiger partial charge in [-0.2, -0.15) is 0 Å². The molecule has 0 saturated carbocycles. The average molecular weight is 499 g/mol. The number of aliphatic imine (C=N–C) groups is 1. The van der Waals surface area contributed by atoms with Gasteiger partial charge in [0.2, 0.25) is 0 Å². The molecule has 0 spiro atoms. The highest BCUT2D eigenvalue weighted by Crippen LogP contribution is 2.29. The number of anilines is 2. The van der Waals surface area contributed by atoms with Crippen molar-refractivity contribution in [2.75, 3.05) is 44.6 Å². The van der Waals surface area contributed by atoms with E-state index in [0.29, 0.717) is 24.0 Å². The summed E-state index contributed by atoms with van der Waals surface area (Å²) in [4.78, 5) is 11.0. The average Bonchev–Trinajstić information content (AvgIpc) is 2.72. The lowest BCUT2D eigenvalue weighted by Crippen LogP contribution is -2.30. The smallest absolute Gasteiger partial charge is 0.195 e. The third kappa shape index (κ3) is 6.43. The third-order valence-corrected chi connectivity index (χ3v) is 4.23. The fourth-order valence-electron chi connectivity index (χ4n) is 2.67. The molecule has 8 heteroatoms. The summed E-state index contributed by atoms with van der Waals surface area (Å²) in [5.41, 5.74) is 1.94. The van der Waals surface area contributed by atoms with Crippen LogP contribution in [0.5, 0.6) is 11.5 Å². The van der Waals surface area contributed by atoms with E-state index in [1.807, 2.05) is 24.4 Å². The van der Waals surface area contributed by atoms with Crippen molar-refractivity contribution in [1.29, 1.82) is 0 Å². The van der Waals surface area contributed by atoms with E-state index in [4.69, 9.17) is 9.47 Å². The van der Waals surface area contributed by atoms with E-state index < -0.39 is 0 Å². The number of pyridine rings is 1. The van der Waals surface area contributed by atoms with Gasteiger partial charge in [-0.1, -0.05) is 6.07 Å². The van der Waals surface area contributed by atoms with Crippen LogP contribution in [0.3, 0.4) is 0 Å². The van der Waals surface area contributed by atoms with Gasteiger partial charge >= 0.3 is 0 Å². The highest BCUT2D eigenvalue weighted by atomic mass is 127. The standard InChI is InChI=1S/C20H29N5O2.HI/c1-6-25(7-2)19-11-8-15(13-22-19)14-23-20(21-3)24-16-9-10-17(26-4)18(12-16)27-5;/h8-13H,6-7,14H2,1-5H3,(H2,21,23,24);1H. The summed E-state index contributed by atoms with van der Waals surface area (Å²) in [6, 6.07) is 9.76. The van der Waals surface area contributed by atoms with E-state index in [9.17, 15) is 0 Å². The second-order valence-corrected chi connectivity index (χ2v) is 5.82. The molecule has 1 aromatic carbocycles. The molecule has 0 radical (unpaired) electrons. The first kappa shape index (κ1) is 23.8. The summed E-state index contributed by atoms with van der Waals surface area (Å²) in [5.74, 6) is 3.01. The summed E-state index contributed by atoms with van der Waals surface area (Å²) >= 11 is 0. The lowest BCUT2D eigenvalue weighted by Gasteiger charge is -2.19. The summed E-state index contributed by atoms with van der Waals surface area (Å²) in [7, 11) is 4.96. The van der Waals surface area contributed by atoms with Crippen LogP contribution in [-0.2, 0) is 6.54 Å². The number of aromatic nitrogens is 1. The van der Waals surface area contributed by atoms with Gasteiger partial charge < -0.3 is 25.0 Å². The first-order valence-electron chi connectivity index (χ1n) is 9.04. The van der Waals surface area contributed by atoms with Crippen LogP contribution in [0.2, 0.25) is 0 Å². The Morgan fingerprint density at radius 2 is 1.79 bits per heavy atom. The van der Waals surface area contributed by atoms with Gasteiger partial charge in [-0.25, -0.2) is 4.98 Å². The van der Waals surface area contributed by atoms with Crippen LogP contribution in [0.1, 0.15) is 19.4 Å². The second kappa shape index (κ2) is 12.3. The molecule has 0 aliphatic rings. The zero-order chi connectivity index (χ0) is 19.6. The molecule has 0 saturated heterocycles. The molecule has 1 heterocycles. The lowest BCUT2D eigenvalue weighted by molar-refractivity contribution is 0.355. The van der Waals surface area contributed by atoms with Gasteiger partial charge in [-0.15, -0.1) is 24.0 Å². The maximum absolute atomic E-state index is 5.33. The number of nitrogens with zero attached hydrogens (tertiary/aromatic N) is 3. The monoisotopic (exact) mass is 499 g/mol. The number of guanidine groups is 1. The Balaban J connectivity index is 0.00000392. The second-order valence-electron chi connectivity index (χ2n) is 5.82. The molecule has 0 aliphatic carbocycles. The Morgan fingerprint density at radius 1 is 1.07 bits per heavy atom. The molecule has 0 aliphatic heterocycles. The topological polar surface area (TPSA) is 71.0 Å². The highest BCUT2D eigenvalue weighted by molar-refractivity contribution is 14.0. The molecular formula is C20H30IN5O2. The van der Waals surface area contributed by atoms with Gasteiger partial charge in [-0.05, 0) is 37.6 Å². The summed E-state index contributed by atoms with van der Waals surface area (Å²) in [6.45, 7) is 6.78. The van der Waals surface area contributed by atoms with E-state index >= 15 is 0 Å². The first-order valence-corrected chi connectivity index (χ1v) is 9.04. The Morgan fingerprint density at radius 3 is 2.32 bits per heavy atom. The van der Waals surface area contributed by atoms with Crippen molar-refractivity contribution < 1.29 is 9.47 Å². The number of hydrogen-bond donors (Lipinski definition) is 2. The minimum Gasteiger partial charge on any atom is -0.493 e. The molecule has 0 unspecified atom stereocenters. The molecule has 28 heavy (non-hydrogen) atoms. The van der Waals surface area contributed by atoms with Crippen LogP contribution in [0.25, 0.3) is 0 Å². The number of hydrogen-bond acceptors (Lipinski definition) is 5. The number of nitrogens with one attached hydrogen (secondary N) is 2. The summed E-state index contributed by atoms with van der Waals surface area (Å²) < 4.78 is 10.6. The van der Waals surface area contributed by atoms with Gasteiger partial charge in [-0.3, -0.25) is 4.99 Å². The Labute approximate surface area is 184 Å². The van der Waals surface area contributed by atoms with E-state index in [2.05, 4.69) is 51.5 Å². The molecule has 0 amide bonds. The van der Waals surface area contributed by atoms with E-state index in [1.54, 1.807) is 21.3 Å². The van der Waals surface area contributed by atoms with Gasteiger partial charge in [0.1, 0.15) is 5.82 Å². The highest BCUT2D eigenvalue weighted by Gasteiger charge is 2.07. The lowest BCUT2D eigenvalue weighted by atomic mass is 10.2. The van der Waals surface area contributed by atoms with Crippen LogP contribution in [-0.4, -0.2) is 45.3 Å². The predicted octanol–water partition coefficient (Wildman–Crippen LogP) is 3.75. The molecule has 1 aromatic heterocycles. The number of ether oxygens (including phenoxy) is 2. The molecule has 2 aromatic rings. The van der Waals surface area contributed by atoms with Crippen molar-refractivity contribution in [1.82, 2.24) is 10.3 Å².